The molecule has 1 aliphatic carbocycles. The van der Waals surface area contributed by atoms with E-state index >= 15 is 0 Å². The van der Waals surface area contributed by atoms with Gasteiger partial charge in [-0.1, -0.05) is 6.07 Å². The summed E-state index contributed by atoms with van der Waals surface area (Å²) >= 11 is 0. The van der Waals surface area contributed by atoms with Crippen LogP contribution >= 0.6 is 12.4 Å². The van der Waals surface area contributed by atoms with Gasteiger partial charge in [-0.15, -0.1) is 12.4 Å². The minimum atomic E-state index is -3.58. The van der Waals surface area contributed by atoms with Crippen molar-refractivity contribution in [2.45, 2.75) is 43.5 Å². The summed E-state index contributed by atoms with van der Waals surface area (Å²) in [6, 6.07) is 4.98. The molecule has 3 rings (SSSR count). The molecule has 0 radical (unpaired) electrons. The predicted molar refractivity (Wildman–Crippen MR) is 99.5 cm³/mol. The number of carbonyl (C=O) groups excluding carboxylic acids is 1. The first-order valence-electron chi connectivity index (χ1n) is 8.52. The van der Waals surface area contributed by atoms with Crippen LogP contribution in [0.3, 0.4) is 0 Å². The Labute approximate surface area is 155 Å². The number of hydrogen-bond acceptors (Lipinski definition) is 4. The summed E-state index contributed by atoms with van der Waals surface area (Å²) in [5.74, 6) is 0.221. The van der Waals surface area contributed by atoms with Crippen LogP contribution in [0.25, 0.3) is 0 Å². The van der Waals surface area contributed by atoms with Gasteiger partial charge in [0, 0.05) is 24.7 Å². The summed E-state index contributed by atoms with van der Waals surface area (Å²) in [6.45, 7) is 3.81. The lowest BCUT2D eigenvalue weighted by molar-refractivity contribution is 0.0999. The molecule has 25 heavy (non-hydrogen) atoms. The van der Waals surface area contributed by atoms with Crippen LogP contribution in [0.15, 0.2) is 23.1 Å². The summed E-state index contributed by atoms with van der Waals surface area (Å²) in [5.41, 5.74) is 6.28. The molecule has 6 nitrogen and oxygen atoms in total. The summed E-state index contributed by atoms with van der Waals surface area (Å²) in [5, 5.41) is 3.54. The molecule has 1 saturated heterocycles. The Bertz CT molecular complexity index is 727. The van der Waals surface area contributed by atoms with E-state index in [0.717, 1.165) is 25.3 Å². The van der Waals surface area contributed by atoms with E-state index < -0.39 is 15.9 Å². The van der Waals surface area contributed by atoms with Crippen molar-refractivity contribution >= 4 is 28.3 Å². The molecular formula is C17H26ClN3O3S. The molecule has 0 aromatic heterocycles. The van der Waals surface area contributed by atoms with Gasteiger partial charge in [0.2, 0.25) is 15.9 Å². The number of amides is 1. The summed E-state index contributed by atoms with van der Waals surface area (Å²) in [7, 11) is -3.58. The second-order valence-corrected chi connectivity index (χ2v) is 8.81. The van der Waals surface area contributed by atoms with Crippen LogP contribution in [0.5, 0.6) is 0 Å². The van der Waals surface area contributed by atoms with Crippen LogP contribution in [0.1, 0.15) is 41.6 Å². The Morgan fingerprint density at radius 3 is 2.44 bits per heavy atom. The fourth-order valence-electron chi connectivity index (χ4n) is 3.13. The molecule has 1 saturated carbocycles. The lowest BCUT2D eigenvalue weighted by atomic mass is 10.1. The SMILES string of the molecule is Cc1ccc(S(=O)(=O)N2CCC(NCC3CC3)CC2)cc1C(N)=O.Cl. The molecule has 1 heterocycles. The second kappa shape index (κ2) is 8.03. The van der Waals surface area contributed by atoms with Crippen LogP contribution < -0.4 is 11.1 Å². The quantitative estimate of drug-likeness (QED) is 0.776. The highest BCUT2D eigenvalue weighted by molar-refractivity contribution is 7.89. The van der Waals surface area contributed by atoms with E-state index in [1.54, 1.807) is 19.1 Å². The Balaban J connectivity index is 0.00000225. The Hall–Kier alpha value is -1.15. The van der Waals surface area contributed by atoms with Gasteiger partial charge in [0.1, 0.15) is 0 Å². The highest BCUT2D eigenvalue weighted by atomic mass is 35.5. The zero-order valence-corrected chi connectivity index (χ0v) is 16.0. The van der Waals surface area contributed by atoms with Gasteiger partial charge in [-0.05, 0) is 62.8 Å². The fraction of sp³-hybridized carbons (Fsp3) is 0.588. The zero-order chi connectivity index (χ0) is 17.3. The zero-order valence-electron chi connectivity index (χ0n) is 14.4. The van der Waals surface area contributed by atoms with Crippen molar-refractivity contribution < 1.29 is 13.2 Å². The van der Waals surface area contributed by atoms with Crippen LogP contribution in [-0.4, -0.2) is 44.3 Å². The monoisotopic (exact) mass is 387 g/mol. The number of aryl methyl sites for hydroxylation is 1. The van der Waals surface area contributed by atoms with Gasteiger partial charge in [0.05, 0.1) is 4.90 Å². The number of nitrogens with two attached hydrogens (primary N) is 1. The molecule has 2 aliphatic rings. The lowest BCUT2D eigenvalue weighted by Gasteiger charge is -2.32. The molecule has 1 amide bonds. The molecule has 0 unspecified atom stereocenters. The number of rotatable bonds is 6. The topological polar surface area (TPSA) is 92.5 Å². The third kappa shape index (κ3) is 4.73. The third-order valence-electron chi connectivity index (χ3n) is 4.96. The van der Waals surface area contributed by atoms with Crippen molar-refractivity contribution in [3.63, 3.8) is 0 Å². The lowest BCUT2D eigenvalue weighted by Crippen LogP contribution is -2.45. The van der Waals surface area contributed by atoms with Crippen LogP contribution in [0.4, 0.5) is 0 Å². The second-order valence-electron chi connectivity index (χ2n) is 6.87. The van der Waals surface area contributed by atoms with E-state index in [9.17, 15) is 13.2 Å². The number of hydrogen-bond donors (Lipinski definition) is 2. The van der Waals surface area contributed by atoms with E-state index in [0.29, 0.717) is 24.7 Å². The van der Waals surface area contributed by atoms with Gasteiger partial charge >= 0.3 is 0 Å². The van der Waals surface area contributed by atoms with E-state index in [1.807, 2.05) is 0 Å². The number of carbonyl (C=O) groups is 1. The van der Waals surface area contributed by atoms with Gasteiger partial charge < -0.3 is 11.1 Å². The number of sulfonamides is 1. The largest absolute Gasteiger partial charge is 0.366 e. The first-order chi connectivity index (χ1) is 11.4. The predicted octanol–water partition coefficient (Wildman–Crippen LogP) is 1.67. The molecule has 1 aromatic rings. The number of nitrogens with one attached hydrogen (secondary N) is 1. The van der Waals surface area contributed by atoms with Gasteiger partial charge in [0.25, 0.3) is 0 Å². The minimum absolute atomic E-state index is 0. The highest BCUT2D eigenvalue weighted by Gasteiger charge is 2.30. The Kier molecular flexibility index (Phi) is 6.48. The number of primary amides is 1. The number of piperidine rings is 1. The number of halogens is 1. The maximum atomic E-state index is 12.8. The van der Waals surface area contributed by atoms with Crippen molar-refractivity contribution in [1.29, 1.82) is 0 Å². The van der Waals surface area contributed by atoms with Crippen molar-refractivity contribution in [2.75, 3.05) is 19.6 Å². The maximum absolute atomic E-state index is 12.8. The first-order valence-corrected chi connectivity index (χ1v) is 9.96. The summed E-state index contributed by atoms with van der Waals surface area (Å²) in [4.78, 5) is 11.6. The van der Waals surface area contributed by atoms with Crippen LogP contribution in [-0.2, 0) is 10.0 Å². The molecule has 8 heteroatoms. The maximum Gasteiger partial charge on any atom is 0.249 e. The standard InChI is InChI=1S/C17H25N3O3S.ClH/c1-12-2-5-15(10-16(12)17(18)21)24(22,23)20-8-6-14(7-9-20)19-11-13-3-4-13;/h2,5,10,13-14,19H,3-4,6-9,11H2,1H3,(H2,18,21);1H. The van der Waals surface area contributed by atoms with Crippen molar-refractivity contribution in [2.24, 2.45) is 11.7 Å². The van der Waals surface area contributed by atoms with Gasteiger partial charge in [-0.3, -0.25) is 4.79 Å². The van der Waals surface area contributed by atoms with Gasteiger partial charge in [-0.2, -0.15) is 4.31 Å². The average Bonchev–Trinajstić information content (AvgIpc) is 3.37. The molecule has 2 fully saturated rings. The molecule has 1 aromatic carbocycles. The number of benzene rings is 1. The normalized spacial score (nSPS) is 19.4. The Morgan fingerprint density at radius 1 is 1.24 bits per heavy atom. The van der Waals surface area contributed by atoms with E-state index in [4.69, 9.17) is 5.73 Å². The third-order valence-corrected chi connectivity index (χ3v) is 6.85. The van der Waals surface area contributed by atoms with Gasteiger partial charge in [0.15, 0.2) is 0 Å². The Morgan fingerprint density at radius 2 is 1.88 bits per heavy atom. The molecule has 1 aliphatic heterocycles. The first kappa shape index (κ1) is 20.2. The minimum Gasteiger partial charge on any atom is -0.366 e. The van der Waals surface area contributed by atoms with Crippen molar-refractivity contribution in [1.82, 2.24) is 9.62 Å². The van der Waals surface area contributed by atoms with Gasteiger partial charge in [-0.25, -0.2) is 8.42 Å². The van der Waals surface area contributed by atoms with Crippen LogP contribution in [0.2, 0.25) is 0 Å². The van der Waals surface area contributed by atoms with Crippen molar-refractivity contribution in [3.8, 4) is 0 Å². The highest BCUT2D eigenvalue weighted by Crippen LogP contribution is 2.28. The van der Waals surface area contributed by atoms with E-state index in [2.05, 4.69) is 5.32 Å². The van der Waals surface area contributed by atoms with E-state index in [-0.39, 0.29) is 22.9 Å². The molecule has 0 bridgehead atoms. The average molecular weight is 388 g/mol. The van der Waals surface area contributed by atoms with E-state index in [1.165, 1.54) is 23.2 Å². The number of nitrogens with zero attached hydrogens (tertiary/aromatic N) is 1. The van der Waals surface area contributed by atoms with Crippen LogP contribution in [0, 0.1) is 12.8 Å². The molecule has 140 valence electrons. The summed E-state index contributed by atoms with van der Waals surface area (Å²) < 4.78 is 27.1. The van der Waals surface area contributed by atoms with Crippen molar-refractivity contribution in [3.05, 3.63) is 29.3 Å². The molecule has 3 N–H and O–H groups in total. The fourth-order valence-corrected chi connectivity index (χ4v) is 4.63. The molecule has 0 atom stereocenters. The molecular weight excluding hydrogens is 362 g/mol. The summed E-state index contributed by atoms with van der Waals surface area (Å²) in [6.07, 6.45) is 4.27. The molecule has 0 spiro atoms. The smallest absolute Gasteiger partial charge is 0.249 e.